The molecular formula is C15H21N3O. The summed E-state index contributed by atoms with van der Waals surface area (Å²) >= 11 is 0. The van der Waals surface area contributed by atoms with Crippen molar-refractivity contribution in [2.75, 3.05) is 27.2 Å². The Morgan fingerprint density at radius 2 is 2.05 bits per heavy atom. The Kier molecular flexibility index (Phi) is 4.22. The molecule has 0 fully saturated rings. The molecule has 2 rings (SSSR count). The fourth-order valence-electron chi connectivity index (χ4n) is 2.17. The van der Waals surface area contributed by atoms with Crippen LogP contribution < -0.4 is 5.32 Å². The summed E-state index contributed by atoms with van der Waals surface area (Å²) in [6.45, 7) is 3.60. The van der Waals surface area contributed by atoms with Gasteiger partial charge in [-0.25, -0.2) is 4.79 Å². The SMILES string of the molecule is CCc1cn(C(=O)NCCN(C)C)c2ccccc12. The summed E-state index contributed by atoms with van der Waals surface area (Å²) < 4.78 is 1.71. The number of carbonyl (C=O) groups excluding carboxylic acids is 1. The fourth-order valence-corrected chi connectivity index (χ4v) is 2.17. The largest absolute Gasteiger partial charge is 0.336 e. The summed E-state index contributed by atoms with van der Waals surface area (Å²) in [6, 6.07) is 7.97. The van der Waals surface area contributed by atoms with Crippen LogP contribution in [0.15, 0.2) is 30.5 Å². The van der Waals surface area contributed by atoms with Crippen LogP contribution in [0.5, 0.6) is 0 Å². The van der Waals surface area contributed by atoms with Gasteiger partial charge in [0, 0.05) is 24.7 Å². The normalized spacial score (nSPS) is 11.2. The Labute approximate surface area is 114 Å². The lowest BCUT2D eigenvalue weighted by Crippen LogP contribution is -2.33. The first kappa shape index (κ1) is 13.6. The number of carbonyl (C=O) groups is 1. The van der Waals surface area contributed by atoms with Crippen molar-refractivity contribution in [3.63, 3.8) is 0 Å². The van der Waals surface area contributed by atoms with E-state index in [4.69, 9.17) is 0 Å². The van der Waals surface area contributed by atoms with E-state index in [1.165, 1.54) is 5.56 Å². The van der Waals surface area contributed by atoms with Gasteiger partial charge in [-0.05, 0) is 32.1 Å². The lowest BCUT2D eigenvalue weighted by molar-refractivity contribution is 0.242. The van der Waals surface area contributed by atoms with E-state index < -0.39 is 0 Å². The number of nitrogens with one attached hydrogen (secondary N) is 1. The maximum absolute atomic E-state index is 12.2. The smallest absolute Gasteiger partial charge is 0.326 e. The fraction of sp³-hybridized carbons (Fsp3) is 0.400. The van der Waals surface area contributed by atoms with Gasteiger partial charge in [0.1, 0.15) is 0 Å². The molecule has 19 heavy (non-hydrogen) atoms. The van der Waals surface area contributed by atoms with Crippen LogP contribution >= 0.6 is 0 Å². The quantitative estimate of drug-likeness (QED) is 0.915. The molecule has 0 aliphatic rings. The van der Waals surface area contributed by atoms with Crippen molar-refractivity contribution in [1.82, 2.24) is 14.8 Å². The standard InChI is InChI=1S/C15H21N3O/c1-4-12-11-18(14-8-6-5-7-13(12)14)15(19)16-9-10-17(2)3/h5-8,11H,4,9-10H2,1-3H3,(H,16,19). The number of aromatic nitrogens is 1. The Morgan fingerprint density at radius 3 is 2.74 bits per heavy atom. The van der Waals surface area contributed by atoms with Crippen LogP contribution in [0, 0.1) is 0 Å². The van der Waals surface area contributed by atoms with E-state index in [1.807, 2.05) is 43.4 Å². The van der Waals surface area contributed by atoms with E-state index in [-0.39, 0.29) is 6.03 Å². The number of aryl methyl sites for hydroxylation is 1. The van der Waals surface area contributed by atoms with Crippen LogP contribution in [0.1, 0.15) is 12.5 Å². The van der Waals surface area contributed by atoms with E-state index in [0.29, 0.717) is 6.54 Å². The number of fused-ring (bicyclic) bond motifs is 1. The monoisotopic (exact) mass is 259 g/mol. The minimum Gasteiger partial charge on any atom is -0.336 e. The average molecular weight is 259 g/mol. The molecule has 0 atom stereocenters. The molecule has 2 aromatic rings. The first-order valence-electron chi connectivity index (χ1n) is 6.65. The van der Waals surface area contributed by atoms with Crippen LogP contribution in [0.3, 0.4) is 0 Å². The number of rotatable bonds is 4. The number of benzene rings is 1. The van der Waals surface area contributed by atoms with Gasteiger partial charge < -0.3 is 10.2 Å². The summed E-state index contributed by atoms with van der Waals surface area (Å²) in [5.74, 6) is 0. The molecule has 0 saturated heterocycles. The van der Waals surface area contributed by atoms with Gasteiger partial charge in [-0.3, -0.25) is 4.57 Å². The number of amides is 1. The van der Waals surface area contributed by atoms with Crippen LogP contribution in [0.2, 0.25) is 0 Å². The van der Waals surface area contributed by atoms with Crippen molar-refractivity contribution in [2.24, 2.45) is 0 Å². The van der Waals surface area contributed by atoms with Crippen molar-refractivity contribution >= 4 is 16.9 Å². The van der Waals surface area contributed by atoms with Crippen molar-refractivity contribution in [3.05, 3.63) is 36.0 Å². The first-order valence-corrected chi connectivity index (χ1v) is 6.65. The highest BCUT2D eigenvalue weighted by molar-refractivity contribution is 5.93. The molecule has 0 radical (unpaired) electrons. The zero-order chi connectivity index (χ0) is 13.8. The number of hydrogen-bond donors (Lipinski definition) is 1. The Bertz CT molecular complexity index is 572. The lowest BCUT2D eigenvalue weighted by atomic mass is 10.1. The van der Waals surface area contributed by atoms with Gasteiger partial charge in [0.25, 0.3) is 0 Å². The second-order valence-electron chi connectivity index (χ2n) is 4.93. The Hall–Kier alpha value is -1.81. The minimum absolute atomic E-state index is 0.0576. The van der Waals surface area contributed by atoms with E-state index in [0.717, 1.165) is 23.9 Å². The van der Waals surface area contributed by atoms with Gasteiger partial charge in [-0.2, -0.15) is 0 Å². The van der Waals surface area contributed by atoms with Gasteiger partial charge in [-0.15, -0.1) is 0 Å². The van der Waals surface area contributed by atoms with Gasteiger partial charge in [0.2, 0.25) is 0 Å². The Balaban J connectivity index is 2.22. The van der Waals surface area contributed by atoms with E-state index in [1.54, 1.807) is 4.57 Å². The molecule has 1 amide bonds. The zero-order valence-electron chi connectivity index (χ0n) is 11.8. The summed E-state index contributed by atoms with van der Waals surface area (Å²) in [5.41, 5.74) is 2.18. The predicted octanol–water partition coefficient (Wildman–Crippen LogP) is 2.32. The number of hydrogen-bond acceptors (Lipinski definition) is 2. The summed E-state index contributed by atoms with van der Waals surface area (Å²) in [5, 5.41) is 4.10. The zero-order valence-corrected chi connectivity index (χ0v) is 11.8. The molecule has 1 heterocycles. The second kappa shape index (κ2) is 5.89. The molecule has 4 nitrogen and oxygen atoms in total. The third kappa shape index (κ3) is 2.96. The highest BCUT2D eigenvalue weighted by atomic mass is 16.2. The van der Waals surface area contributed by atoms with Gasteiger partial charge in [-0.1, -0.05) is 25.1 Å². The minimum atomic E-state index is -0.0576. The van der Waals surface area contributed by atoms with Crippen LogP contribution in [0.4, 0.5) is 4.79 Å². The maximum Gasteiger partial charge on any atom is 0.326 e. The summed E-state index contributed by atoms with van der Waals surface area (Å²) in [6.07, 6.45) is 2.87. The highest BCUT2D eigenvalue weighted by Gasteiger charge is 2.11. The molecule has 102 valence electrons. The van der Waals surface area contributed by atoms with Crippen LogP contribution in [-0.4, -0.2) is 42.7 Å². The van der Waals surface area contributed by atoms with Crippen LogP contribution in [-0.2, 0) is 6.42 Å². The topological polar surface area (TPSA) is 37.3 Å². The maximum atomic E-state index is 12.2. The third-order valence-corrected chi connectivity index (χ3v) is 3.23. The summed E-state index contributed by atoms with van der Waals surface area (Å²) in [4.78, 5) is 14.2. The molecule has 0 spiro atoms. The molecule has 1 N–H and O–H groups in total. The number of nitrogens with zero attached hydrogens (tertiary/aromatic N) is 2. The second-order valence-corrected chi connectivity index (χ2v) is 4.93. The molecule has 1 aromatic heterocycles. The highest BCUT2D eigenvalue weighted by Crippen LogP contribution is 2.21. The van der Waals surface area contributed by atoms with Gasteiger partial charge in [0.05, 0.1) is 5.52 Å². The van der Waals surface area contributed by atoms with Crippen molar-refractivity contribution in [1.29, 1.82) is 0 Å². The van der Waals surface area contributed by atoms with E-state index in [9.17, 15) is 4.79 Å². The van der Waals surface area contributed by atoms with Gasteiger partial charge >= 0.3 is 6.03 Å². The third-order valence-electron chi connectivity index (χ3n) is 3.23. The summed E-state index contributed by atoms with van der Waals surface area (Å²) in [7, 11) is 3.98. The average Bonchev–Trinajstić information content (AvgIpc) is 2.77. The van der Waals surface area contributed by atoms with Crippen molar-refractivity contribution in [3.8, 4) is 0 Å². The molecule has 0 bridgehead atoms. The van der Waals surface area contributed by atoms with E-state index >= 15 is 0 Å². The van der Waals surface area contributed by atoms with Crippen molar-refractivity contribution in [2.45, 2.75) is 13.3 Å². The molecule has 1 aromatic carbocycles. The molecule has 0 aliphatic heterocycles. The first-order chi connectivity index (χ1) is 9.13. The van der Waals surface area contributed by atoms with E-state index in [2.05, 4.69) is 18.3 Å². The molecule has 0 unspecified atom stereocenters. The Morgan fingerprint density at radius 1 is 1.32 bits per heavy atom. The predicted molar refractivity (Wildman–Crippen MR) is 78.7 cm³/mol. The lowest BCUT2D eigenvalue weighted by Gasteiger charge is -2.11. The van der Waals surface area contributed by atoms with Gasteiger partial charge in [0.15, 0.2) is 0 Å². The number of para-hydroxylation sites is 1. The van der Waals surface area contributed by atoms with Crippen molar-refractivity contribution < 1.29 is 4.79 Å². The molecule has 4 heteroatoms. The number of likely N-dealkylation sites (N-methyl/N-ethyl adjacent to an activating group) is 1. The molecular weight excluding hydrogens is 238 g/mol. The van der Waals surface area contributed by atoms with Crippen LogP contribution in [0.25, 0.3) is 10.9 Å². The molecule has 0 aliphatic carbocycles. The molecule has 0 saturated carbocycles.